The van der Waals surface area contributed by atoms with Crippen LogP contribution in [0.1, 0.15) is 13.8 Å². The number of carbonyl (C=O) groups excluding carboxylic acids is 1. The van der Waals surface area contributed by atoms with Gasteiger partial charge in [-0.05, 0) is 26.0 Å². The van der Waals surface area contributed by atoms with Crippen molar-refractivity contribution in [3.05, 3.63) is 35.4 Å². The van der Waals surface area contributed by atoms with Gasteiger partial charge in [0.05, 0.1) is 5.69 Å². The van der Waals surface area contributed by atoms with Gasteiger partial charge >= 0.3 is 5.97 Å². The first-order valence-corrected chi connectivity index (χ1v) is 6.95. The Hall–Kier alpha value is -1.75. The Morgan fingerprint density at radius 1 is 1.21 bits per heavy atom. The number of hydrogen-bond donors (Lipinski definition) is 1. The van der Waals surface area contributed by atoms with Gasteiger partial charge < -0.3 is 10.0 Å². The SMILES string of the molecule is CC(C(=O)O)=C(C)C(=O)N1CCSc2ccccc21. The van der Waals surface area contributed by atoms with Gasteiger partial charge in [-0.3, -0.25) is 4.79 Å². The van der Waals surface area contributed by atoms with Gasteiger partial charge in [0.1, 0.15) is 0 Å². The van der Waals surface area contributed by atoms with Gasteiger partial charge in [0.15, 0.2) is 0 Å². The van der Waals surface area contributed by atoms with Crippen molar-refractivity contribution in [2.75, 3.05) is 17.2 Å². The smallest absolute Gasteiger partial charge is 0.331 e. The number of para-hydroxylation sites is 1. The molecule has 0 aliphatic carbocycles. The van der Waals surface area contributed by atoms with Crippen LogP contribution in [0.15, 0.2) is 40.3 Å². The van der Waals surface area contributed by atoms with Crippen LogP contribution < -0.4 is 4.90 Å². The number of hydrogen-bond acceptors (Lipinski definition) is 3. The molecule has 1 aliphatic heterocycles. The van der Waals surface area contributed by atoms with Crippen LogP contribution in [0.5, 0.6) is 0 Å². The monoisotopic (exact) mass is 277 g/mol. The van der Waals surface area contributed by atoms with Crippen LogP contribution in [0, 0.1) is 0 Å². The van der Waals surface area contributed by atoms with E-state index in [1.54, 1.807) is 23.6 Å². The van der Waals surface area contributed by atoms with Crippen molar-refractivity contribution in [1.82, 2.24) is 0 Å². The molecule has 19 heavy (non-hydrogen) atoms. The highest BCUT2D eigenvalue weighted by molar-refractivity contribution is 7.99. The number of amides is 1. The minimum Gasteiger partial charge on any atom is -0.478 e. The summed E-state index contributed by atoms with van der Waals surface area (Å²) in [6.45, 7) is 3.63. The van der Waals surface area contributed by atoms with Crippen LogP contribution in [0.4, 0.5) is 5.69 Å². The first kappa shape index (κ1) is 13.7. The van der Waals surface area contributed by atoms with Gasteiger partial charge in [-0.25, -0.2) is 4.79 Å². The Bertz CT molecular complexity index is 566. The van der Waals surface area contributed by atoms with Crippen LogP contribution in [-0.4, -0.2) is 29.3 Å². The number of carbonyl (C=O) groups is 2. The quantitative estimate of drug-likeness (QED) is 0.844. The number of aliphatic carboxylic acids is 1. The topological polar surface area (TPSA) is 57.6 Å². The number of rotatable bonds is 2. The van der Waals surface area contributed by atoms with E-state index in [4.69, 9.17) is 5.11 Å². The summed E-state index contributed by atoms with van der Waals surface area (Å²) in [5, 5.41) is 8.96. The van der Waals surface area contributed by atoms with Gasteiger partial charge in [0.2, 0.25) is 0 Å². The summed E-state index contributed by atoms with van der Waals surface area (Å²) in [5.74, 6) is -0.458. The molecular formula is C14H15NO3S. The highest BCUT2D eigenvalue weighted by Gasteiger charge is 2.25. The molecule has 5 heteroatoms. The lowest BCUT2D eigenvalue weighted by atomic mass is 10.1. The predicted octanol–water partition coefficient (Wildman–Crippen LogP) is 2.55. The molecule has 1 amide bonds. The van der Waals surface area contributed by atoms with Crippen LogP contribution in [-0.2, 0) is 9.59 Å². The standard InChI is InChI=1S/C14H15NO3S/c1-9(10(2)14(17)18)13(16)15-7-8-19-12-6-4-3-5-11(12)15/h3-6H,7-8H2,1-2H3,(H,17,18). The highest BCUT2D eigenvalue weighted by Crippen LogP contribution is 2.35. The van der Waals surface area contributed by atoms with Crippen LogP contribution >= 0.6 is 11.8 Å². The normalized spacial score (nSPS) is 15.6. The van der Waals surface area contributed by atoms with E-state index in [0.29, 0.717) is 6.54 Å². The first-order chi connectivity index (χ1) is 9.02. The number of carboxylic acids is 1. The van der Waals surface area contributed by atoms with Gasteiger partial charge in [0, 0.05) is 28.3 Å². The van der Waals surface area contributed by atoms with E-state index in [-0.39, 0.29) is 17.1 Å². The summed E-state index contributed by atoms with van der Waals surface area (Å²) in [5.41, 5.74) is 1.25. The van der Waals surface area contributed by atoms with E-state index in [2.05, 4.69) is 0 Å². The summed E-state index contributed by atoms with van der Waals surface area (Å²) in [4.78, 5) is 26.1. The van der Waals surface area contributed by atoms with Gasteiger partial charge in [-0.15, -0.1) is 11.8 Å². The van der Waals surface area contributed by atoms with Crippen molar-refractivity contribution in [2.45, 2.75) is 18.7 Å². The predicted molar refractivity (Wildman–Crippen MR) is 75.5 cm³/mol. The Balaban J connectivity index is 2.37. The maximum atomic E-state index is 12.4. The Labute approximate surface area is 116 Å². The molecule has 0 saturated carbocycles. The lowest BCUT2D eigenvalue weighted by molar-refractivity contribution is -0.133. The molecule has 100 valence electrons. The maximum absolute atomic E-state index is 12.4. The number of fused-ring (bicyclic) bond motifs is 1. The Morgan fingerprint density at radius 3 is 2.58 bits per heavy atom. The minimum absolute atomic E-state index is 0.0979. The number of anilines is 1. The van der Waals surface area contributed by atoms with Crippen molar-refractivity contribution in [3.63, 3.8) is 0 Å². The van der Waals surface area contributed by atoms with Crippen LogP contribution in [0.2, 0.25) is 0 Å². The van der Waals surface area contributed by atoms with Gasteiger partial charge in [0.25, 0.3) is 5.91 Å². The summed E-state index contributed by atoms with van der Waals surface area (Å²) in [6, 6.07) is 7.68. The van der Waals surface area contributed by atoms with Crippen molar-refractivity contribution < 1.29 is 14.7 Å². The third kappa shape index (κ3) is 2.66. The molecular weight excluding hydrogens is 262 g/mol. The van der Waals surface area contributed by atoms with Crippen molar-refractivity contribution >= 4 is 29.3 Å². The zero-order valence-corrected chi connectivity index (χ0v) is 11.7. The maximum Gasteiger partial charge on any atom is 0.331 e. The van der Waals surface area contributed by atoms with E-state index < -0.39 is 5.97 Å². The molecule has 0 radical (unpaired) electrons. The fraction of sp³-hybridized carbons (Fsp3) is 0.286. The lowest BCUT2D eigenvalue weighted by Gasteiger charge is -2.29. The third-order valence-corrected chi connectivity index (χ3v) is 4.22. The Morgan fingerprint density at radius 2 is 1.89 bits per heavy atom. The van der Waals surface area contributed by atoms with E-state index in [1.807, 2.05) is 24.3 Å². The summed E-state index contributed by atoms with van der Waals surface area (Å²) in [7, 11) is 0. The first-order valence-electron chi connectivity index (χ1n) is 5.97. The van der Waals surface area contributed by atoms with E-state index >= 15 is 0 Å². The number of carboxylic acid groups (broad SMARTS) is 1. The third-order valence-electron chi connectivity index (χ3n) is 3.18. The molecule has 0 saturated heterocycles. The second-order valence-corrected chi connectivity index (χ2v) is 5.46. The van der Waals surface area contributed by atoms with E-state index in [9.17, 15) is 9.59 Å². The minimum atomic E-state index is -1.05. The number of thioether (sulfide) groups is 1. The van der Waals surface area contributed by atoms with Crippen molar-refractivity contribution in [2.24, 2.45) is 0 Å². The second kappa shape index (κ2) is 5.48. The summed E-state index contributed by atoms with van der Waals surface area (Å²) < 4.78 is 0. The summed E-state index contributed by atoms with van der Waals surface area (Å²) in [6.07, 6.45) is 0. The van der Waals surface area contributed by atoms with Crippen LogP contribution in [0.3, 0.4) is 0 Å². The molecule has 0 fully saturated rings. The van der Waals surface area contributed by atoms with Crippen molar-refractivity contribution in [3.8, 4) is 0 Å². The molecule has 2 rings (SSSR count). The molecule has 0 spiro atoms. The largest absolute Gasteiger partial charge is 0.478 e. The van der Waals surface area contributed by atoms with Crippen LogP contribution in [0.25, 0.3) is 0 Å². The second-order valence-electron chi connectivity index (χ2n) is 4.33. The lowest BCUT2D eigenvalue weighted by Crippen LogP contribution is -2.36. The zero-order valence-electron chi connectivity index (χ0n) is 10.8. The number of benzene rings is 1. The van der Waals surface area contributed by atoms with Crippen molar-refractivity contribution in [1.29, 1.82) is 0 Å². The fourth-order valence-electron chi connectivity index (χ4n) is 1.90. The molecule has 1 aromatic rings. The van der Waals surface area contributed by atoms with Gasteiger partial charge in [-0.2, -0.15) is 0 Å². The number of nitrogens with zero attached hydrogens (tertiary/aromatic N) is 1. The molecule has 4 nitrogen and oxygen atoms in total. The Kier molecular flexibility index (Phi) is 3.95. The molecule has 1 aliphatic rings. The summed E-state index contributed by atoms with van der Waals surface area (Å²) >= 11 is 1.71. The average molecular weight is 277 g/mol. The molecule has 0 unspecified atom stereocenters. The fourth-order valence-corrected chi connectivity index (χ4v) is 2.90. The molecule has 1 N–H and O–H groups in total. The molecule has 0 bridgehead atoms. The van der Waals surface area contributed by atoms with Gasteiger partial charge in [-0.1, -0.05) is 12.1 Å². The van der Waals surface area contributed by atoms with E-state index in [0.717, 1.165) is 16.3 Å². The highest BCUT2D eigenvalue weighted by atomic mass is 32.2. The molecule has 0 atom stereocenters. The molecule has 0 aromatic heterocycles. The molecule has 1 heterocycles. The van der Waals surface area contributed by atoms with E-state index in [1.165, 1.54) is 6.92 Å². The molecule has 1 aromatic carbocycles. The average Bonchev–Trinajstić information content (AvgIpc) is 2.44. The zero-order chi connectivity index (χ0) is 14.0.